The van der Waals surface area contributed by atoms with Crippen molar-refractivity contribution in [1.29, 1.82) is 0 Å². The number of H-pyrrole nitrogens is 1. The first-order chi connectivity index (χ1) is 20.5. The molecule has 0 amide bonds. The Morgan fingerprint density at radius 1 is 0.952 bits per heavy atom. The molecule has 1 aliphatic heterocycles. The van der Waals surface area contributed by atoms with Crippen LogP contribution in [0.15, 0.2) is 87.3 Å². The zero-order valence-electron chi connectivity index (χ0n) is 23.0. The molecule has 0 saturated carbocycles. The van der Waals surface area contributed by atoms with Gasteiger partial charge in [-0.3, -0.25) is 14.5 Å². The zero-order valence-corrected chi connectivity index (χ0v) is 23.0. The summed E-state index contributed by atoms with van der Waals surface area (Å²) >= 11 is 0. The van der Waals surface area contributed by atoms with E-state index in [-0.39, 0.29) is 17.5 Å². The van der Waals surface area contributed by atoms with Crippen molar-refractivity contribution < 1.29 is 4.74 Å². The molecular weight excluding hydrogens is 532 g/mol. The number of pyridine rings is 2. The van der Waals surface area contributed by atoms with Gasteiger partial charge in [-0.15, -0.1) is 0 Å². The summed E-state index contributed by atoms with van der Waals surface area (Å²) in [7, 11) is 1.41. The number of hydrogen-bond donors (Lipinski definition) is 2. The third-order valence-electron chi connectivity index (χ3n) is 8.10. The minimum atomic E-state index is -0.553. The van der Waals surface area contributed by atoms with Gasteiger partial charge in [0.1, 0.15) is 5.69 Å². The van der Waals surface area contributed by atoms with Gasteiger partial charge in [-0.2, -0.15) is 5.10 Å². The number of fused-ring (bicyclic) bond motifs is 3. The summed E-state index contributed by atoms with van der Waals surface area (Å²) in [5, 5.41) is 10.8. The Labute approximate surface area is 239 Å². The maximum atomic E-state index is 12.1. The molecule has 1 aliphatic rings. The van der Waals surface area contributed by atoms with Gasteiger partial charge in [0.15, 0.2) is 11.4 Å². The average molecular weight is 561 g/mol. The van der Waals surface area contributed by atoms with Gasteiger partial charge in [-0.1, -0.05) is 54.6 Å². The van der Waals surface area contributed by atoms with E-state index in [1.165, 1.54) is 17.1 Å². The number of piperidine rings is 1. The minimum absolute atomic E-state index is 0.137. The highest BCUT2D eigenvalue weighted by Crippen LogP contribution is 2.34. The summed E-state index contributed by atoms with van der Waals surface area (Å²) in [6.45, 7) is 2.58. The Morgan fingerprint density at radius 3 is 2.45 bits per heavy atom. The lowest BCUT2D eigenvalue weighted by atomic mass is 9.97. The van der Waals surface area contributed by atoms with Crippen LogP contribution >= 0.6 is 0 Å². The standard InChI is InChI=1S/C32H28N6O4/c1-42-30-27(28(39)29(30)40)33-22-11-14-37(15-12-22)18-19-7-9-21(10-8-19)26-23(20-5-3-2-4-6-20)17-24-25(34-26)13-16-38-31(24)35-36-32(38)41/h2-10,13,16-17,22,33H,11-12,14-15,18H2,1H3,(H,36,41). The van der Waals surface area contributed by atoms with Crippen LogP contribution in [0.5, 0.6) is 5.75 Å². The largest absolute Gasteiger partial charge is 0.491 e. The second-order valence-electron chi connectivity index (χ2n) is 10.7. The zero-order chi connectivity index (χ0) is 28.8. The van der Waals surface area contributed by atoms with Crippen LogP contribution in [0.2, 0.25) is 0 Å². The molecule has 3 aromatic carbocycles. The first-order valence-corrected chi connectivity index (χ1v) is 13.9. The van der Waals surface area contributed by atoms with Gasteiger partial charge >= 0.3 is 5.69 Å². The average Bonchev–Trinajstić information content (AvgIpc) is 3.42. The van der Waals surface area contributed by atoms with Crippen LogP contribution < -0.4 is 26.6 Å². The van der Waals surface area contributed by atoms with E-state index in [2.05, 4.69) is 62.9 Å². The summed E-state index contributed by atoms with van der Waals surface area (Å²) in [5.74, 6) is 0.142. The SMILES string of the molecule is COc1c(NC2CCN(Cc3ccc(-c4nc5ccn6c(=O)[nH]nc6c5cc4-c4ccccc4)cc3)CC2)c(=O)c1=O. The topological polar surface area (TPSA) is 122 Å². The van der Waals surface area contributed by atoms with Crippen molar-refractivity contribution in [2.24, 2.45) is 0 Å². The number of hydrogen-bond acceptors (Lipinski definition) is 8. The summed E-state index contributed by atoms with van der Waals surface area (Å²) in [6.07, 6.45) is 3.44. The number of likely N-dealkylation sites (tertiary alicyclic amines) is 1. The fraction of sp³-hybridized carbons (Fsp3) is 0.219. The minimum Gasteiger partial charge on any atom is -0.491 e. The van der Waals surface area contributed by atoms with E-state index in [4.69, 9.17) is 9.72 Å². The van der Waals surface area contributed by atoms with Gasteiger partial charge in [0.05, 0.1) is 18.3 Å². The Balaban J connectivity index is 1.11. The predicted molar refractivity (Wildman–Crippen MR) is 162 cm³/mol. The molecule has 1 fully saturated rings. The molecule has 0 bridgehead atoms. The number of nitrogens with one attached hydrogen (secondary N) is 2. The molecule has 210 valence electrons. The molecule has 0 spiro atoms. The molecule has 6 aromatic rings. The Kier molecular flexibility index (Phi) is 6.39. The van der Waals surface area contributed by atoms with Crippen LogP contribution in [0.3, 0.4) is 0 Å². The van der Waals surface area contributed by atoms with E-state index >= 15 is 0 Å². The number of benzene rings is 2. The van der Waals surface area contributed by atoms with Gasteiger partial charge in [-0.25, -0.2) is 19.3 Å². The molecule has 0 atom stereocenters. The Morgan fingerprint density at radius 2 is 1.71 bits per heavy atom. The van der Waals surface area contributed by atoms with E-state index in [0.717, 1.165) is 65.8 Å². The van der Waals surface area contributed by atoms with Crippen molar-refractivity contribution in [3.8, 4) is 28.1 Å². The second-order valence-corrected chi connectivity index (χ2v) is 10.7. The fourth-order valence-corrected chi connectivity index (χ4v) is 5.83. The summed E-state index contributed by atoms with van der Waals surface area (Å²) < 4.78 is 6.55. The molecule has 7 rings (SSSR count). The third kappa shape index (κ3) is 4.46. The predicted octanol–water partition coefficient (Wildman–Crippen LogP) is 3.59. The molecule has 10 nitrogen and oxygen atoms in total. The number of ether oxygens (including phenoxy) is 1. The molecule has 3 aromatic heterocycles. The van der Waals surface area contributed by atoms with Gasteiger partial charge < -0.3 is 10.1 Å². The molecular formula is C32H28N6O4. The summed E-state index contributed by atoms with van der Waals surface area (Å²) in [6, 6.07) is 22.7. The number of methoxy groups -OCH3 is 1. The highest BCUT2D eigenvalue weighted by molar-refractivity contribution is 5.98. The van der Waals surface area contributed by atoms with Crippen molar-refractivity contribution in [2.45, 2.75) is 25.4 Å². The first-order valence-electron chi connectivity index (χ1n) is 13.9. The quantitative estimate of drug-likeness (QED) is 0.284. The van der Waals surface area contributed by atoms with Gasteiger partial charge in [0.25, 0.3) is 10.9 Å². The maximum Gasteiger partial charge on any atom is 0.347 e. The number of aromatic nitrogens is 4. The number of anilines is 1. The van der Waals surface area contributed by atoms with E-state index < -0.39 is 10.9 Å². The molecule has 0 aliphatic carbocycles. The summed E-state index contributed by atoms with van der Waals surface area (Å²) in [5.41, 5.74) is 5.37. The Hall–Kier alpha value is -5.09. The van der Waals surface area contributed by atoms with Crippen molar-refractivity contribution in [3.05, 3.63) is 109 Å². The van der Waals surface area contributed by atoms with E-state index in [1.54, 1.807) is 6.20 Å². The van der Waals surface area contributed by atoms with Crippen LogP contribution in [0.4, 0.5) is 5.69 Å². The van der Waals surface area contributed by atoms with Crippen LogP contribution in [-0.4, -0.2) is 50.7 Å². The van der Waals surface area contributed by atoms with E-state index in [1.807, 2.05) is 24.3 Å². The molecule has 0 unspecified atom stereocenters. The maximum absolute atomic E-state index is 12.1. The van der Waals surface area contributed by atoms with Gasteiger partial charge in [0.2, 0.25) is 0 Å². The van der Waals surface area contributed by atoms with Gasteiger partial charge in [-0.05, 0) is 36.1 Å². The fourth-order valence-electron chi connectivity index (χ4n) is 5.83. The molecule has 4 heterocycles. The highest BCUT2D eigenvalue weighted by atomic mass is 16.5. The summed E-state index contributed by atoms with van der Waals surface area (Å²) in [4.78, 5) is 43.1. The van der Waals surface area contributed by atoms with Gasteiger partial charge in [0, 0.05) is 48.4 Å². The van der Waals surface area contributed by atoms with Crippen molar-refractivity contribution in [1.82, 2.24) is 24.5 Å². The number of rotatable bonds is 7. The highest BCUT2D eigenvalue weighted by Gasteiger charge is 2.26. The molecule has 0 radical (unpaired) electrons. The van der Waals surface area contributed by atoms with Crippen LogP contribution in [0.1, 0.15) is 18.4 Å². The molecule has 10 heteroatoms. The smallest absolute Gasteiger partial charge is 0.347 e. The number of nitrogens with zero attached hydrogens (tertiary/aromatic N) is 4. The molecule has 1 saturated heterocycles. The lowest BCUT2D eigenvalue weighted by Gasteiger charge is -2.33. The lowest BCUT2D eigenvalue weighted by Crippen LogP contribution is -2.42. The molecule has 42 heavy (non-hydrogen) atoms. The van der Waals surface area contributed by atoms with Crippen LogP contribution in [0, 0.1) is 0 Å². The van der Waals surface area contributed by atoms with Crippen LogP contribution in [-0.2, 0) is 6.54 Å². The van der Waals surface area contributed by atoms with Crippen molar-refractivity contribution in [3.63, 3.8) is 0 Å². The van der Waals surface area contributed by atoms with E-state index in [0.29, 0.717) is 11.3 Å². The molecule has 2 N–H and O–H groups in total. The second kappa shape index (κ2) is 10.4. The number of aromatic amines is 1. The lowest BCUT2D eigenvalue weighted by molar-refractivity contribution is 0.211. The van der Waals surface area contributed by atoms with Crippen molar-refractivity contribution in [2.75, 3.05) is 25.5 Å². The first kappa shape index (κ1) is 25.8. The monoisotopic (exact) mass is 560 g/mol. The van der Waals surface area contributed by atoms with Crippen LogP contribution in [0.25, 0.3) is 38.9 Å². The van der Waals surface area contributed by atoms with E-state index in [9.17, 15) is 14.4 Å². The van der Waals surface area contributed by atoms with Crippen molar-refractivity contribution >= 4 is 22.2 Å². The normalized spacial score (nSPS) is 14.6. The third-order valence-corrected chi connectivity index (χ3v) is 8.10. The Bertz CT molecular complexity index is 2050.